The average molecular weight is 434 g/mol. The predicted molar refractivity (Wildman–Crippen MR) is 109 cm³/mol. The molecule has 4 aromatic rings. The topological polar surface area (TPSA) is 112 Å². The van der Waals surface area contributed by atoms with Crippen molar-refractivity contribution >= 4 is 55.7 Å². The lowest BCUT2D eigenvalue weighted by Gasteiger charge is -2.05. The van der Waals surface area contributed by atoms with E-state index in [1.807, 2.05) is 18.2 Å². The molecule has 0 saturated heterocycles. The number of sulfonamides is 1. The van der Waals surface area contributed by atoms with Gasteiger partial charge in [-0.2, -0.15) is 0 Å². The third-order valence-electron chi connectivity index (χ3n) is 3.95. The monoisotopic (exact) mass is 433 g/mol. The average Bonchev–Trinajstić information content (AvgIpc) is 3.29. The van der Waals surface area contributed by atoms with E-state index in [1.165, 1.54) is 5.38 Å². The van der Waals surface area contributed by atoms with Crippen molar-refractivity contribution in [2.45, 2.75) is 4.21 Å². The van der Waals surface area contributed by atoms with Crippen molar-refractivity contribution in [2.75, 3.05) is 4.72 Å². The van der Waals surface area contributed by atoms with Crippen LogP contribution in [0.2, 0.25) is 5.02 Å². The molecule has 0 atom stereocenters. The summed E-state index contributed by atoms with van der Waals surface area (Å²) in [6.45, 7) is 0. The molecule has 0 aliphatic carbocycles. The van der Waals surface area contributed by atoms with E-state index < -0.39 is 16.0 Å². The fraction of sp³-hybridized carbons (Fsp3) is 0. The van der Waals surface area contributed by atoms with E-state index in [-0.39, 0.29) is 9.77 Å². The van der Waals surface area contributed by atoms with E-state index in [2.05, 4.69) is 14.7 Å². The minimum atomic E-state index is -3.90. The van der Waals surface area contributed by atoms with Crippen LogP contribution in [-0.4, -0.2) is 29.5 Å². The van der Waals surface area contributed by atoms with E-state index in [9.17, 15) is 13.2 Å². The largest absolute Gasteiger partial charge is 0.478 e. The van der Waals surface area contributed by atoms with Crippen LogP contribution >= 0.6 is 22.9 Å². The molecule has 4 rings (SSSR count). The fourth-order valence-corrected chi connectivity index (χ4v) is 5.06. The van der Waals surface area contributed by atoms with Gasteiger partial charge in [-0.25, -0.2) is 18.2 Å². The number of aromatic amines is 1. The molecule has 2 aromatic heterocycles. The Morgan fingerprint density at radius 1 is 1.18 bits per heavy atom. The molecular weight excluding hydrogens is 422 g/mol. The lowest BCUT2D eigenvalue weighted by atomic mass is 10.2. The number of rotatable bonds is 5. The molecule has 0 amide bonds. The number of thiophene rings is 1. The maximum absolute atomic E-state index is 12.5. The summed E-state index contributed by atoms with van der Waals surface area (Å²) in [6, 6.07) is 13.3. The Hall–Kier alpha value is -2.88. The number of hydrogen-bond acceptors (Lipinski definition) is 5. The van der Waals surface area contributed by atoms with Gasteiger partial charge in [0.2, 0.25) is 0 Å². The van der Waals surface area contributed by atoms with E-state index in [0.29, 0.717) is 27.6 Å². The SMILES string of the molecule is O=C(O)c1csc(S(=O)(=O)Nc2ccc3nc(-c4ccccc4Cl)[nH]c3c2)c1. The van der Waals surface area contributed by atoms with Crippen LogP contribution < -0.4 is 4.72 Å². The highest BCUT2D eigenvalue weighted by Gasteiger charge is 2.19. The number of nitrogens with zero attached hydrogens (tertiary/aromatic N) is 1. The van der Waals surface area contributed by atoms with Gasteiger partial charge in [-0.15, -0.1) is 11.3 Å². The minimum Gasteiger partial charge on any atom is -0.478 e. The highest BCUT2D eigenvalue weighted by atomic mass is 35.5. The van der Waals surface area contributed by atoms with Crippen LogP contribution in [0, 0.1) is 0 Å². The first-order valence-electron chi connectivity index (χ1n) is 7.93. The van der Waals surface area contributed by atoms with Crippen molar-refractivity contribution in [3.63, 3.8) is 0 Å². The number of anilines is 1. The molecule has 7 nitrogen and oxygen atoms in total. The summed E-state index contributed by atoms with van der Waals surface area (Å²) < 4.78 is 27.4. The van der Waals surface area contributed by atoms with Gasteiger partial charge in [0.15, 0.2) is 0 Å². The standard InChI is InChI=1S/C18H12ClN3O4S2/c19-13-4-2-1-3-12(13)17-20-14-6-5-11(8-15(14)21-17)22-28(25,26)16-7-10(9-27-16)18(23)24/h1-9,22H,(H,20,21)(H,23,24). The van der Waals surface area contributed by atoms with Gasteiger partial charge in [0, 0.05) is 10.9 Å². The number of aromatic carboxylic acids is 1. The highest BCUT2D eigenvalue weighted by molar-refractivity contribution is 7.94. The Kier molecular flexibility index (Phi) is 4.58. The zero-order chi connectivity index (χ0) is 19.9. The van der Waals surface area contributed by atoms with E-state index in [0.717, 1.165) is 23.0 Å². The van der Waals surface area contributed by atoms with Crippen molar-refractivity contribution in [3.8, 4) is 11.4 Å². The summed E-state index contributed by atoms with van der Waals surface area (Å²) in [6.07, 6.45) is 0. The zero-order valence-electron chi connectivity index (χ0n) is 14.0. The van der Waals surface area contributed by atoms with Gasteiger partial charge >= 0.3 is 5.97 Å². The van der Waals surface area contributed by atoms with Crippen LogP contribution in [0.5, 0.6) is 0 Å². The Balaban J connectivity index is 1.66. The first-order chi connectivity index (χ1) is 13.3. The fourth-order valence-electron chi connectivity index (χ4n) is 2.63. The number of hydrogen-bond donors (Lipinski definition) is 3. The van der Waals surface area contributed by atoms with Crippen LogP contribution in [0.3, 0.4) is 0 Å². The lowest BCUT2D eigenvalue weighted by molar-refractivity contribution is 0.0697. The molecule has 0 aliphatic heterocycles. The molecule has 0 fully saturated rings. The van der Waals surface area contributed by atoms with Gasteiger partial charge in [-0.05, 0) is 36.4 Å². The third kappa shape index (κ3) is 3.47. The van der Waals surface area contributed by atoms with E-state index in [1.54, 1.807) is 24.3 Å². The second-order valence-corrected chi connectivity index (χ2v) is 9.09. The van der Waals surface area contributed by atoms with Gasteiger partial charge in [-0.1, -0.05) is 23.7 Å². The molecule has 28 heavy (non-hydrogen) atoms. The normalized spacial score (nSPS) is 11.6. The summed E-state index contributed by atoms with van der Waals surface area (Å²) in [5.74, 6) is -0.603. The number of nitrogens with one attached hydrogen (secondary N) is 2. The third-order valence-corrected chi connectivity index (χ3v) is 7.10. The zero-order valence-corrected chi connectivity index (χ0v) is 16.4. The summed E-state index contributed by atoms with van der Waals surface area (Å²) >= 11 is 7.05. The highest BCUT2D eigenvalue weighted by Crippen LogP contribution is 2.29. The molecule has 3 N–H and O–H groups in total. The van der Waals surface area contributed by atoms with Crippen molar-refractivity contribution in [1.29, 1.82) is 0 Å². The number of benzene rings is 2. The smallest absolute Gasteiger partial charge is 0.336 e. The molecule has 0 saturated carbocycles. The van der Waals surface area contributed by atoms with Crippen molar-refractivity contribution in [3.05, 3.63) is 64.5 Å². The molecule has 10 heteroatoms. The van der Waals surface area contributed by atoms with Crippen LogP contribution in [0.1, 0.15) is 10.4 Å². The molecular formula is C18H12ClN3O4S2. The van der Waals surface area contributed by atoms with Crippen LogP contribution in [-0.2, 0) is 10.0 Å². The Labute approximate surface area is 168 Å². The van der Waals surface area contributed by atoms with Gasteiger partial charge in [0.05, 0.1) is 27.3 Å². The minimum absolute atomic E-state index is 0.0706. The van der Waals surface area contributed by atoms with Gasteiger partial charge in [0.1, 0.15) is 10.0 Å². The molecule has 2 aromatic carbocycles. The summed E-state index contributed by atoms with van der Waals surface area (Å²) in [5, 5.41) is 10.8. The summed E-state index contributed by atoms with van der Waals surface area (Å²) in [4.78, 5) is 18.6. The van der Waals surface area contributed by atoms with Crippen molar-refractivity contribution in [2.24, 2.45) is 0 Å². The molecule has 0 unspecified atom stereocenters. The maximum Gasteiger partial charge on any atom is 0.336 e. The Morgan fingerprint density at radius 2 is 1.96 bits per heavy atom. The molecule has 2 heterocycles. The number of halogens is 1. The number of fused-ring (bicyclic) bond motifs is 1. The number of carbonyl (C=O) groups is 1. The Bertz CT molecular complexity index is 1310. The Morgan fingerprint density at radius 3 is 2.68 bits per heavy atom. The lowest BCUT2D eigenvalue weighted by Crippen LogP contribution is -2.11. The van der Waals surface area contributed by atoms with Crippen LogP contribution in [0.25, 0.3) is 22.4 Å². The summed E-state index contributed by atoms with van der Waals surface area (Å²) in [5.41, 5.74) is 2.28. The summed E-state index contributed by atoms with van der Waals surface area (Å²) in [7, 11) is -3.90. The van der Waals surface area contributed by atoms with Gasteiger partial charge < -0.3 is 10.1 Å². The quantitative estimate of drug-likeness (QED) is 0.430. The number of aromatic nitrogens is 2. The second kappa shape index (κ2) is 6.93. The van der Waals surface area contributed by atoms with Crippen LogP contribution in [0.4, 0.5) is 5.69 Å². The first-order valence-corrected chi connectivity index (χ1v) is 10.7. The van der Waals surface area contributed by atoms with Crippen molar-refractivity contribution in [1.82, 2.24) is 9.97 Å². The van der Waals surface area contributed by atoms with Crippen LogP contribution in [0.15, 0.2) is 58.1 Å². The van der Waals surface area contributed by atoms with Gasteiger partial charge in [0.25, 0.3) is 10.0 Å². The second-order valence-electron chi connectivity index (χ2n) is 5.86. The number of carboxylic acid groups (broad SMARTS) is 1. The maximum atomic E-state index is 12.5. The molecule has 0 bridgehead atoms. The molecule has 0 aliphatic rings. The number of H-pyrrole nitrogens is 1. The molecule has 0 spiro atoms. The predicted octanol–water partition coefficient (Wildman–Crippen LogP) is 4.44. The molecule has 142 valence electrons. The van der Waals surface area contributed by atoms with Gasteiger partial charge in [-0.3, -0.25) is 4.72 Å². The van der Waals surface area contributed by atoms with Crippen molar-refractivity contribution < 1.29 is 18.3 Å². The van der Waals surface area contributed by atoms with E-state index >= 15 is 0 Å². The number of imidazole rings is 1. The number of carboxylic acids is 1. The molecule has 0 radical (unpaired) electrons. The van der Waals surface area contributed by atoms with E-state index in [4.69, 9.17) is 16.7 Å². The first kappa shape index (κ1) is 18.5.